The minimum Gasteiger partial charge on any atom is -0.313 e. The van der Waals surface area contributed by atoms with Gasteiger partial charge in [-0.05, 0) is 49.3 Å². The van der Waals surface area contributed by atoms with Crippen molar-refractivity contribution in [1.29, 1.82) is 0 Å². The highest BCUT2D eigenvalue weighted by molar-refractivity contribution is 8.00. The molecule has 1 aromatic carbocycles. The minimum absolute atomic E-state index is 0.126. The van der Waals surface area contributed by atoms with Crippen molar-refractivity contribution in [3.8, 4) is 0 Å². The molecule has 100 valence electrons. The van der Waals surface area contributed by atoms with Gasteiger partial charge in [-0.2, -0.15) is 11.8 Å². The van der Waals surface area contributed by atoms with Gasteiger partial charge in [-0.15, -0.1) is 0 Å². The molecule has 0 radical (unpaired) electrons. The number of likely N-dealkylation sites (N-methyl/N-ethyl adjacent to an activating group) is 1. The van der Waals surface area contributed by atoms with Crippen molar-refractivity contribution >= 4 is 11.8 Å². The van der Waals surface area contributed by atoms with Gasteiger partial charge in [-0.1, -0.05) is 25.5 Å². The second-order valence-corrected chi connectivity index (χ2v) is 6.25. The van der Waals surface area contributed by atoms with Crippen LogP contribution in [-0.4, -0.2) is 23.6 Å². The summed E-state index contributed by atoms with van der Waals surface area (Å²) in [6, 6.07) is 7.49. The van der Waals surface area contributed by atoms with Crippen LogP contribution in [0.25, 0.3) is 0 Å². The average molecular weight is 267 g/mol. The molecule has 18 heavy (non-hydrogen) atoms. The first-order valence-corrected chi connectivity index (χ1v) is 7.94. The first-order chi connectivity index (χ1) is 8.79. The van der Waals surface area contributed by atoms with Crippen LogP contribution in [0, 0.1) is 5.82 Å². The molecule has 3 heteroatoms. The molecule has 1 saturated heterocycles. The smallest absolute Gasteiger partial charge is 0.123 e. The minimum atomic E-state index is -0.126. The van der Waals surface area contributed by atoms with Crippen molar-refractivity contribution in [3.63, 3.8) is 0 Å². The highest BCUT2D eigenvalue weighted by Crippen LogP contribution is 2.29. The maximum atomic E-state index is 13.2. The van der Waals surface area contributed by atoms with Crippen molar-refractivity contribution in [2.45, 2.75) is 43.9 Å². The zero-order valence-corrected chi connectivity index (χ0v) is 11.8. The molecule has 0 aliphatic carbocycles. The summed E-state index contributed by atoms with van der Waals surface area (Å²) in [5.74, 6) is 1.15. The molecule has 2 unspecified atom stereocenters. The van der Waals surface area contributed by atoms with Crippen LogP contribution < -0.4 is 5.32 Å². The molecule has 1 fully saturated rings. The van der Waals surface area contributed by atoms with Crippen molar-refractivity contribution in [3.05, 3.63) is 35.6 Å². The summed E-state index contributed by atoms with van der Waals surface area (Å²) < 4.78 is 13.2. The van der Waals surface area contributed by atoms with E-state index in [1.807, 2.05) is 12.1 Å². The fourth-order valence-corrected chi connectivity index (χ4v) is 4.03. The van der Waals surface area contributed by atoms with E-state index in [4.69, 9.17) is 0 Å². The Morgan fingerprint density at radius 2 is 2.33 bits per heavy atom. The third-order valence-electron chi connectivity index (χ3n) is 3.47. The lowest BCUT2D eigenvalue weighted by atomic mass is 9.99. The first kappa shape index (κ1) is 13.9. The summed E-state index contributed by atoms with van der Waals surface area (Å²) in [6.07, 6.45) is 4.91. The average Bonchev–Trinajstić information content (AvgIpc) is 2.39. The summed E-state index contributed by atoms with van der Waals surface area (Å²) >= 11 is 2.08. The molecule has 0 spiro atoms. The molecule has 1 heterocycles. The quantitative estimate of drug-likeness (QED) is 0.874. The van der Waals surface area contributed by atoms with Crippen molar-refractivity contribution in [2.75, 3.05) is 12.3 Å². The first-order valence-electron chi connectivity index (χ1n) is 6.89. The Morgan fingerprint density at radius 1 is 1.44 bits per heavy atom. The van der Waals surface area contributed by atoms with Gasteiger partial charge >= 0.3 is 0 Å². The molecule has 1 aliphatic rings. The van der Waals surface area contributed by atoms with Gasteiger partial charge in [0.2, 0.25) is 0 Å². The highest BCUT2D eigenvalue weighted by Gasteiger charge is 2.23. The Bertz CT molecular complexity index is 363. The van der Waals surface area contributed by atoms with E-state index in [1.165, 1.54) is 31.1 Å². The largest absolute Gasteiger partial charge is 0.313 e. The maximum Gasteiger partial charge on any atom is 0.123 e. The summed E-state index contributed by atoms with van der Waals surface area (Å²) in [5.41, 5.74) is 1.10. The van der Waals surface area contributed by atoms with E-state index >= 15 is 0 Å². The molecular formula is C15H22FNS. The van der Waals surface area contributed by atoms with Crippen LogP contribution in [-0.2, 0) is 6.42 Å². The molecule has 1 N–H and O–H groups in total. The van der Waals surface area contributed by atoms with Crippen LogP contribution in [0.15, 0.2) is 24.3 Å². The molecule has 0 aromatic heterocycles. The van der Waals surface area contributed by atoms with Crippen molar-refractivity contribution in [2.24, 2.45) is 0 Å². The third-order valence-corrected chi connectivity index (χ3v) is 4.99. The standard InChI is InChI=1S/C15H22FNS/c1-2-17-14(15-8-3-4-9-18-15)11-12-6-5-7-13(16)10-12/h5-7,10,14-15,17H,2-4,8-9,11H2,1H3. The number of thioether (sulfide) groups is 1. The lowest BCUT2D eigenvalue weighted by Gasteiger charge is -2.30. The summed E-state index contributed by atoms with van der Waals surface area (Å²) in [6.45, 7) is 3.13. The number of benzene rings is 1. The second kappa shape index (κ2) is 7.15. The zero-order chi connectivity index (χ0) is 12.8. The monoisotopic (exact) mass is 267 g/mol. The van der Waals surface area contributed by atoms with Gasteiger partial charge in [0.05, 0.1) is 0 Å². The van der Waals surface area contributed by atoms with Crippen LogP contribution in [0.4, 0.5) is 4.39 Å². The van der Waals surface area contributed by atoms with Gasteiger partial charge in [0.15, 0.2) is 0 Å². The topological polar surface area (TPSA) is 12.0 Å². The van der Waals surface area contributed by atoms with Crippen molar-refractivity contribution < 1.29 is 4.39 Å². The maximum absolute atomic E-state index is 13.2. The van der Waals surface area contributed by atoms with Crippen LogP contribution in [0.2, 0.25) is 0 Å². The molecule has 0 saturated carbocycles. The van der Waals surface area contributed by atoms with Gasteiger partial charge in [0.25, 0.3) is 0 Å². The Balaban J connectivity index is 2.00. The number of hydrogen-bond acceptors (Lipinski definition) is 2. The van der Waals surface area contributed by atoms with E-state index in [-0.39, 0.29) is 5.82 Å². The van der Waals surface area contributed by atoms with E-state index in [1.54, 1.807) is 6.07 Å². The Hall–Kier alpha value is -0.540. The van der Waals surface area contributed by atoms with Gasteiger partial charge in [-0.25, -0.2) is 4.39 Å². The number of rotatable bonds is 5. The fourth-order valence-electron chi connectivity index (χ4n) is 2.60. The number of hydrogen-bond donors (Lipinski definition) is 1. The van der Waals surface area contributed by atoms with Crippen LogP contribution in [0.1, 0.15) is 31.7 Å². The second-order valence-electron chi connectivity index (χ2n) is 4.90. The van der Waals surface area contributed by atoms with Crippen LogP contribution >= 0.6 is 11.8 Å². The van der Waals surface area contributed by atoms with Gasteiger partial charge in [0.1, 0.15) is 5.82 Å². The normalized spacial score (nSPS) is 21.8. The predicted octanol–water partition coefficient (Wildman–Crippen LogP) is 3.63. The van der Waals surface area contributed by atoms with Gasteiger partial charge < -0.3 is 5.32 Å². The summed E-state index contributed by atoms with van der Waals surface area (Å²) in [5, 5.41) is 4.26. The molecule has 1 aromatic rings. The van der Waals surface area contributed by atoms with Gasteiger partial charge in [-0.3, -0.25) is 0 Å². The molecule has 0 bridgehead atoms. The Labute approximate surface area is 114 Å². The Kier molecular flexibility index (Phi) is 5.51. The summed E-state index contributed by atoms with van der Waals surface area (Å²) in [4.78, 5) is 0. The molecule has 2 atom stereocenters. The van der Waals surface area contributed by atoms with E-state index in [0.717, 1.165) is 18.5 Å². The van der Waals surface area contributed by atoms with E-state index in [2.05, 4.69) is 24.0 Å². The van der Waals surface area contributed by atoms with Gasteiger partial charge in [0, 0.05) is 11.3 Å². The van der Waals surface area contributed by atoms with E-state index in [9.17, 15) is 4.39 Å². The molecule has 0 amide bonds. The van der Waals surface area contributed by atoms with Crippen molar-refractivity contribution in [1.82, 2.24) is 5.32 Å². The molecule has 1 aliphatic heterocycles. The fraction of sp³-hybridized carbons (Fsp3) is 0.600. The third kappa shape index (κ3) is 3.99. The van der Waals surface area contributed by atoms with Crippen LogP contribution in [0.3, 0.4) is 0 Å². The van der Waals surface area contributed by atoms with E-state index < -0.39 is 0 Å². The Morgan fingerprint density at radius 3 is 3.00 bits per heavy atom. The SMILES string of the molecule is CCNC(Cc1cccc(F)c1)C1CCCCS1. The summed E-state index contributed by atoms with van der Waals surface area (Å²) in [7, 11) is 0. The zero-order valence-electron chi connectivity index (χ0n) is 11.0. The lowest BCUT2D eigenvalue weighted by Crippen LogP contribution is -2.41. The predicted molar refractivity (Wildman–Crippen MR) is 77.7 cm³/mol. The van der Waals surface area contributed by atoms with Crippen LogP contribution in [0.5, 0.6) is 0 Å². The number of nitrogens with one attached hydrogen (secondary N) is 1. The number of halogens is 1. The molecule has 2 rings (SSSR count). The molecular weight excluding hydrogens is 245 g/mol. The lowest BCUT2D eigenvalue weighted by molar-refractivity contribution is 0.471. The van der Waals surface area contributed by atoms with E-state index in [0.29, 0.717) is 11.3 Å². The highest BCUT2D eigenvalue weighted by atomic mass is 32.2. The molecule has 1 nitrogen and oxygen atoms in total.